The molecule has 0 radical (unpaired) electrons. The van der Waals surface area contributed by atoms with E-state index >= 15 is 0 Å². The first-order valence-corrected chi connectivity index (χ1v) is 7.08. The van der Waals surface area contributed by atoms with E-state index in [0.717, 1.165) is 42.0 Å². The van der Waals surface area contributed by atoms with Crippen molar-refractivity contribution in [2.45, 2.75) is 39.1 Å². The van der Waals surface area contributed by atoms with Crippen molar-refractivity contribution in [1.29, 1.82) is 0 Å². The first-order chi connectivity index (χ1) is 9.84. The fourth-order valence-electron chi connectivity index (χ4n) is 2.39. The van der Waals surface area contributed by atoms with E-state index < -0.39 is 0 Å². The van der Waals surface area contributed by atoms with Crippen molar-refractivity contribution in [3.8, 4) is 11.3 Å². The zero-order valence-electron chi connectivity index (χ0n) is 11.7. The van der Waals surface area contributed by atoms with Gasteiger partial charge in [0.1, 0.15) is 0 Å². The van der Waals surface area contributed by atoms with Gasteiger partial charge >= 0.3 is 0 Å². The third-order valence-electron chi connectivity index (χ3n) is 3.57. The molecule has 0 amide bonds. The van der Waals surface area contributed by atoms with Crippen LogP contribution >= 0.6 is 0 Å². The zero-order chi connectivity index (χ0) is 13.8. The fraction of sp³-hybridized carbons (Fsp3) is 0.438. The number of hydrogen-bond donors (Lipinski definition) is 0. The summed E-state index contributed by atoms with van der Waals surface area (Å²) < 4.78 is 16.9. The minimum atomic E-state index is -0.0957. The highest BCUT2D eigenvalue weighted by Crippen LogP contribution is 2.27. The summed E-state index contributed by atoms with van der Waals surface area (Å²) in [6.07, 6.45) is 3.16. The van der Waals surface area contributed by atoms with Crippen molar-refractivity contribution >= 4 is 0 Å². The summed E-state index contributed by atoms with van der Waals surface area (Å²) in [7, 11) is 0. The molecule has 4 heteroatoms. The minimum Gasteiger partial charge on any atom is -0.356 e. The molecule has 1 unspecified atom stereocenters. The van der Waals surface area contributed by atoms with Crippen molar-refractivity contribution in [2.24, 2.45) is 0 Å². The minimum absolute atomic E-state index is 0.0957. The summed E-state index contributed by atoms with van der Waals surface area (Å²) in [5.41, 5.74) is 2.90. The van der Waals surface area contributed by atoms with Crippen LogP contribution in [0, 0.1) is 6.92 Å². The third-order valence-corrected chi connectivity index (χ3v) is 3.57. The topological polar surface area (TPSA) is 44.5 Å². The normalized spacial score (nSPS) is 19.1. The Bertz CT molecular complexity index is 544. The van der Waals surface area contributed by atoms with Gasteiger partial charge in [0.15, 0.2) is 12.1 Å². The van der Waals surface area contributed by atoms with Gasteiger partial charge < -0.3 is 14.0 Å². The van der Waals surface area contributed by atoms with Gasteiger partial charge in [0.25, 0.3) is 0 Å². The molecule has 1 aliphatic rings. The van der Waals surface area contributed by atoms with E-state index in [1.165, 1.54) is 6.42 Å². The highest BCUT2D eigenvalue weighted by molar-refractivity contribution is 5.61. The molecule has 0 bridgehead atoms. The van der Waals surface area contributed by atoms with Crippen LogP contribution in [-0.4, -0.2) is 18.1 Å². The van der Waals surface area contributed by atoms with Crippen LogP contribution in [0.2, 0.25) is 0 Å². The molecule has 106 valence electrons. The van der Waals surface area contributed by atoms with Gasteiger partial charge in [-0.3, -0.25) is 0 Å². The Morgan fingerprint density at radius 1 is 1.25 bits per heavy atom. The second kappa shape index (κ2) is 6.20. The second-order valence-electron chi connectivity index (χ2n) is 5.05. The highest BCUT2D eigenvalue weighted by atomic mass is 16.7. The molecule has 0 spiro atoms. The molecule has 1 aromatic carbocycles. The number of aromatic nitrogens is 1. The molecule has 1 fully saturated rings. The Labute approximate surface area is 118 Å². The van der Waals surface area contributed by atoms with Crippen LogP contribution in [0.4, 0.5) is 0 Å². The Morgan fingerprint density at radius 2 is 2.10 bits per heavy atom. The molecule has 4 nitrogen and oxygen atoms in total. The van der Waals surface area contributed by atoms with Crippen LogP contribution in [0.3, 0.4) is 0 Å². The fourth-order valence-corrected chi connectivity index (χ4v) is 2.39. The predicted octanol–water partition coefficient (Wildman–Crippen LogP) is 3.69. The lowest BCUT2D eigenvalue weighted by Crippen LogP contribution is -2.22. The Balaban J connectivity index is 1.74. The molecule has 0 N–H and O–H groups in total. The van der Waals surface area contributed by atoms with Crippen molar-refractivity contribution < 1.29 is 14.0 Å². The van der Waals surface area contributed by atoms with E-state index in [4.69, 9.17) is 14.0 Å². The number of rotatable bonds is 4. The van der Waals surface area contributed by atoms with E-state index in [0.29, 0.717) is 6.61 Å². The van der Waals surface area contributed by atoms with Gasteiger partial charge in [0, 0.05) is 17.7 Å². The Hall–Kier alpha value is -1.65. The monoisotopic (exact) mass is 273 g/mol. The number of aryl methyl sites for hydroxylation is 1. The first-order valence-electron chi connectivity index (χ1n) is 7.08. The number of nitrogens with zero attached hydrogens (tertiary/aromatic N) is 1. The number of benzene rings is 1. The lowest BCUT2D eigenvalue weighted by Gasteiger charge is -2.22. The molecule has 0 saturated carbocycles. The maximum absolute atomic E-state index is 5.85. The lowest BCUT2D eigenvalue weighted by atomic mass is 10.1. The molecule has 1 atom stereocenters. The molecule has 2 heterocycles. The largest absolute Gasteiger partial charge is 0.356 e. The first kappa shape index (κ1) is 13.3. The quantitative estimate of drug-likeness (QED) is 0.852. The van der Waals surface area contributed by atoms with Crippen molar-refractivity contribution in [3.63, 3.8) is 0 Å². The maximum Gasteiger partial charge on any atom is 0.172 e. The number of hydrogen-bond acceptors (Lipinski definition) is 4. The summed E-state index contributed by atoms with van der Waals surface area (Å²) in [6, 6.07) is 9.99. The molecule has 0 aliphatic carbocycles. The van der Waals surface area contributed by atoms with Crippen molar-refractivity contribution in [3.05, 3.63) is 41.6 Å². The van der Waals surface area contributed by atoms with Crippen LogP contribution in [-0.2, 0) is 16.1 Å². The van der Waals surface area contributed by atoms with E-state index in [2.05, 4.69) is 5.16 Å². The lowest BCUT2D eigenvalue weighted by molar-refractivity contribution is -0.168. The SMILES string of the molecule is Cc1noc(-c2ccccc2)c1COC1CCCCO1. The van der Waals surface area contributed by atoms with Gasteiger partial charge in [0.2, 0.25) is 0 Å². The Morgan fingerprint density at radius 3 is 2.85 bits per heavy atom. The average Bonchev–Trinajstić information content (AvgIpc) is 2.88. The molecular weight excluding hydrogens is 254 g/mol. The number of ether oxygens (including phenoxy) is 2. The molecule has 1 saturated heterocycles. The van der Waals surface area contributed by atoms with E-state index in [1.807, 2.05) is 37.3 Å². The maximum atomic E-state index is 5.85. The standard InChI is InChI=1S/C16H19NO3/c1-12-14(11-19-15-9-5-6-10-18-15)16(20-17-12)13-7-3-2-4-8-13/h2-4,7-8,15H,5-6,9-11H2,1H3. The van der Waals surface area contributed by atoms with Crippen LogP contribution in [0.25, 0.3) is 11.3 Å². The van der Waals surface area contributed by atoms with Crippen LogP contribution < -0.4 is 0 Å². The van der Waals surface area contributed by atoms with Gasteiger partial charge in [-0.05, 0) is 26.2 Å². The summed E-state index contributed by atoms with van der Waals surface area (Å²) >= 11 is 0. The summed E-state index contributed by atoms with van der Waals surface area (Å²) in [4.78, 5) is 0. The van der Waals surface area contributed by atoms with Crippen LogP contribution in [0.5, 0.6) is 0 Å². The summed E-state index contributed by atoms with van der Waals surface area (Å²) in [6.45, 7) is 3.21. The van der Waals surface area contributed by atoms with Crippen molar-refractivity contribution in [1.82, 2.24) is 5.16 Å². The summed E-state index contributed by atoms with van der Waals surface area (Å²) in [5, 5.41) is 4.06. The average molecular weight is 273 g/mol. The molecular formula is C16H19NO3. The molecule has 1 aliphatic heterocycles. The van der Waals surface area contributed by atoms with Crippen LogP contribution in [0.15, 0.2) is 34.9 Å². The van der Waals surface area contributed by atoms with Crippen LogP contribution in [0.1, 0.15) is 30.5 Å². The van der Waals surface area contributed by atoms with Crippen molar-refractivity contribution in [2.75, 3.05) is 6.61 Å². The second-order valence-corrected chi connectivity index (χ2v) is 5.05. The van der Waals surface area contributed by atoms with Gasteiger partial charge in [-0.1, -0.05) is 35.5 Å². The third kappa shape index (κ3) is 2.92. The highest BCUT2D eigenvalue weighted by Gasteiger charge is 2.19. The molecule has 1 aromatic heterocycles. The van der Waals surface area contributed by atoms with E-state index in [1.54, 1.807) is 0 Å². The van der Waals surface area contributed by atoms with Gasteiger partial charge in [-0.15, -0.1) is 0 Å². The zero-order valence-corrected chi connectivity index (χ0v) is 11.7. The Kier molecular flexibility index (Phi) is 4.14. The molecule has 20 heavy (non-hydrogen) atoms. The summed E-state index contributed by atoms with van der Waals surface area (Å²) in [5.74, 6) is 0.791. The van der Waals surface area contributed by atoms with E-state index in [9.17, 15) is 0 Å². The van der Waals surface area contributed by atoms with E-state index in [-0.39, 0.29) is 6.29 Å². The molecule has 3 rings (SSSR count). The van der Waals surface area contributed by atoms with Gasteiger partial charge in [0.05, 0.1) is 12.3 Å². The van der Waals surface area contributed by atoms with Gasteiger partial charge in [-0.2, -0.15) is 0 Å². The van der Waals surface area contributed by atoms with Gasteiger partial charge in [-0.25, -0.2) is 0 Å². The molecule has 2 aromatic rings. The smallest absolute Gasteiger partial charge is 0.172 e. The predicted molar refractivity (Wildman–Crippen MR) is 75.1 cm³/mol.